The number of nitrogens with zero attached hydrogens (tertiary/aromatic N) is 2. The van der Waals surface area contributed by atoms with Crippen molar-refractivity contribution in [2.24, 2.45) is 0 Å². The molecule has 0 fully saturated rings. The molecule has 0 aliphatic carbocycles. The number of rotatable bonds is 5. The van der Waals surface area contributed by atoms with Gasteiger partial charge in [0, 0.05) is 42.5 Å². The summed E-state index contributed by atoms with van der Waals surface area (Å²) in [7, 11) is -2.19. The molecular formula is C29H32N2O5S. The maximum absolute atomic E-state index is 14.0. The summed E-state index contributed by atoms with van der Waals surface area (Å²) >= 11 is 0. The molecule has 0 aromatic heterocycles. The van der Waals surface area contributed by atoms with Gasteiger partial charge in [-0.3, -0.25) is 0 Å². The van der Waals surface area contributed by atoms with Gasteiger partial charge in [-0.2, -0.15) is 4.31 Å². The number of benzene rings is 3. The lowest BCUT2D eigenvalue weighted by Crippen LogP contribution is -2.40. The minimum Gasteiger partial charge on any atom is -0.482 e. The van der Waals surface area contributed by atoms with E-state index in [0.717, 1.165) is 30.5 Å². The molecule has 0 amide bonds. The van der Waals surface area contributed by atoms with Crippen LogP contribution in [-0.4, -0.2) is 43.4 Å². The molecule has 37 heavy (non-hydrogen) atoms. The molecule has 1 N–H and O–H groups in total. The van der Waals surface area contributed by atoms with Crippen LogP contribution in [-0.2, 0) is 15.6 Å². The normalized spacial score (nSPS) is 19.7. The summed E-state index contributed by atoms with van der Waals surface area (Å²) in [5.74, 6) is -0.505. The molecule has 0 spiro atoms. The Balaban J connectivity index is 1.78. The van der Waals surface area contributed by atoms with Crippen molar-refractivity contribution in [1.82, 2.24) is 4.31 Å². The number of sulfonamides is 1. The van der Waals surface area contributed by atoms with Crippen LogP contribution in [0.15, 0.2) is 65.6 Å². The average molecular weight is 521 g/mol. The van der Waals surface area contributed by atoms with E-state index in [1.165, 1.54) is 4.31 Å². The Hall–Kier alpha value is -3.36. The van der Waals surface area contributed by atoms with Crippen molar-refractivity contribution >= 4 is 27.4 Å². The third kappa shape index (κ3) is 4.28. The summed E-state index contributed by atoms with van der Waals surface area (Å²) in [6, 6.07) is 18.0. The molecule has 2 aliphatic rings. The second kappa shape index (κ2) is 9.19. The van der Waals surface area contributed by atoms with E-state index in [9.17, 15) is 18.3 Å². The fourth-order valence-corrected chi connectivity index (χ4v) is 6.93. The van der Waals surface area contributed by atoms with E-state index in [0.29, 0.717) is 29.1 Å². The van der Waals surface area contributed by atoms with Crippen molar-refractivity contribution in [2.75, 3.05) is 18.5 Å². The molecule has 3 aromatic rings. The first kappa shape index (κ1) is 25.3. The van der Waals surface area contributed by atoms with Gasteiger partial charge in [0.2, 0.25) is 10.0 Å². The van der Waals surface area contributed by atoms with Gasteiger partial charge in [0.05, 0.1) is 11.3 Å². The van der Waals surface area contributed by atoms with Crippen LogP contribution in [0.25, 0.3) is 11.1 Å². The van der Waals surface area contributed by atoms with E-state index < -0.39 is 21.6 Å². The highest BCUT2D eigenvalue weighted by Gasteiger charge is 2.40. The molecule has 0 bridgehead atoms. The standard InChI is InChI=1S/C29H32N2O5S/c1-5-6-10-21-18-31(20-11-8-7-9-12-20)25-17-26-23(16-27(25)37(34,35)30(21)4)22-15-19(28(32)33)13-14-24(22)29(2,3)36-26/h7-9,11-17,21H,5-6,10,18H2,1-4H3,(H,32,33). The monoisotopic (exact) mass is 520 g/mol. The highest BCUT2D eigenvalue weighted by molar-refractivity contribution is 7.89. The Bertz CT molecular complexity index is 1470. The van der Waals surface area contributed by atoms with Gasteiger partial charge in [-0.25, -0.2) is 13.2 Å². The molecule has 194 valence electrons. The van der Waals surface area contributed by atoms with Crippen molar-refractivity contribution in [3.63, 3.8) is 0 Å². The van der Waals surface area contributed by atoms with Gasteiger partial charge in [-0.15, -0.1) is 0 Å². The molecular weight excluding hydrogens is 488 g/mol. The first-order valence-electron chi connectivity index (χ1n) is 12.6. The summed E-state index contributed by atoms with van der Waals surface area (Å²) in [5, 5.41) is 9.63. The number of carboxylic acids is 1. The second-order valence-electron chi connectivity index (χ2n) is 10.3. The number of anilines is 2. The highest BCUT2D eigenvalue weighted by atomic mass is 32.2. The Labute approximate surface area is 218 Å². The summed E-state index contributed by atoms with van der Waals surface area (Å²) in [4.78, 5) is 14.0. The smallest absolute Gasteiger partial charge is 0.335 e. The SMILES string of the molecule is CCCCC1CN(c2ccccc2)c2cc3c(cc2S(=O)(=O)N1C)-c1cc(C(=O)O)ccc1C(C)(C)O3. The number of fused-ring (bicyclic) bond motifs is 4. The first-order chi connectivity index (χ1) is 17.5. The molecule has 5 rings (SSSR count). The Morgan fingerprint density at radius 3 is 2.49 bits per heavy atom. The van der Waals surface area contributed by atoms with Crippen LogP contribution in [0.5, 0.6) is 5.75 Å². The fraction of sp³-hybridized carbons (Fsp3) is 0.345. The van der Waals surface area contributed by atoms with E-state index in [4.69, 9.17) is 4.74 Å². The summed E-state index contributed by atoms with van der Waals surface area (Å²) < 4.78 is 36.0. The second-order valence-corrected chi connectivity index (χ2v) is 12.2. The van der Waals surface area contributed by atoms with Crippen molar-refractivity contribution < 1.29 is 23.1 Å². The van der Waals surface area contributed by atoms with Gasteiger partial charge in [0.25, 0.3) is 0 Å². The molecule has 0 saturated carbocycles. The van der Waals surface area contributed by atoms with Crippen LogP contribution in [0.1, 0.15) is 56.0 Å². The van der Waals surface area contributed by atoms with Crippen molar-refractivity contribution in [3.05, 3.63) is 71.8 Å². The number of ether oxygens (including phenoxy) is 1. The molecule has 3 aromatic carbocycles. The first-order valence-corrected chi connectivity index (χ1v) is 14.0. The van der Waals surface area contributed by atoms with Crippen molar-refractivity contribution in [1.29, 1.82) is 0 Å². The zero-order valence-electron chi connectivity index (χ0n) is 21.6. The lowest BCUT2D eigenvalue weighted by Gasteiger charge is -2.36. The lowest BCUT2D eigenvalue weighted by atomic mass is 9.85. The van der Waals surface area contributed by atoms with Crippen molar-refractivity contribution in [3.8, 4) is 16.9 Å². The highest BCUT2D eigenvalue weighted by Crippen LogP contribution is 2.50. The minimum absolute atomic E-state index is 0.142. The third-order valence-electron chi connectivity index (χ3n) is 7.45. The quantitative estimate of drug-likeness (QED) is 0.443. The van der Waals surface area contributed by atoms with Crippen molar-refractivity contribution in [2.45, 2.75) is 56.6 Å². The van der Waals surface area contributed by atoms with Crippen LogP contribution in [0.3, 0.4) is 0 Å². The van der Waals surface area contributed by atoms with Gasteiger partial charge < -0.3 is 14.7 Å². The average Bonchev–Trinajstić information content (AvgIpc) is 2.94. The fourth-order valence-electron chi connectivity index (χ4n) is 5.36. The van der Waals surface area contributed by atoms with Gasteiger partial charge in [-0.05, 0) is 56.2 Å². The van der Waals surface area contributed by atoms with E-state index >= 15 is 0 Å². The van der Waals surface area contributed by atoms with Crippen LogP contribution in [0.2, 0.25) is 0 Å². The number of carbonyl (C=O) groups is 1. The Morgan fingerprint density at radius 2 is 1.81 bits per heavy atom. The number of carboxylic acid groups (broad SMARTS) is 1. The number of hydrogen-bond donors (Lipinski definition) is 1. The topological polar surface area (TPSA) is 87.2 Å². The Kier molecular flexibility index (Phi) is 6.28. The summed E-state index contributed by atoms with van der Waals surface area (Å²) in [6.07, 6.45) is 2.64. The molecule has 0 saturated heterocycles. The molecule has 1 unspecified atom stereocenters. The van der Waals surface area contributed by atoms with Crippen LogP contribution < -0.4 is 9.64 Å². The van der Waals surface area contributed by atoms with Gasteiger partial charge >= 0.3 is 5.97 Å². The number of aromatic carboxylic acids is 1. The molecule has 8 heteroatoms. The van der Waals surface area contributed by atoms with E-state index in [-0.39, 0.29) is 16.5 Å². The predicted octanol–water partition coefficient (Wildman–Crippen LogP) is 6.01. The van der Waals surface area contributed by atoms with Gasteiger partial charge in [0.15, 0.2) is 0 Å². The van der Waals surface area contributed by atoms with Gasteiger partial charge in [0.1, 0.15) is 16.2 Å². The molecule has 1 atom stereocenters. The number of para-hydroxylation sites is 1. The predicted molar refractivity (Wildman–Crippen MR) is 144 cm³/mol. The number of unbranched alkanes of at least 4 members (excludes halogenated alkanes) is 1. The summed E-state index contributed by atoms with van der Waals surface area (Å²) in [6.45, 7) is 6.47. The minimum atomic E-state index is -3.85. The van der Waals surface area contributed by atoms with Crippen LogP contribution in [0, 0.1) is 0 Å². The maximum Gasteiger partial charge on any atom is 0.335 e. The maximum atomic E-state index is 14.0. The van der Waals surface area contributed by atoms with E-state index in [1.54, 1.807) is 31.3 Å². The van der Waals surface area contributed by atoms with Gasteiger partial charge in [-0.1, -0.05) is 44.0 Å². The number of hydrogen-bond acceptors (Lipinski definition) is 5. The molecule has 7 nitrogen and oxygen atoms in total. The van der Waals surface area contributed by atoms with E-state index in [1.807, 2.05) is 50.2 Å². The Morgan fingerprint density at radius 1 is 1.08 bits per heavy atom. The summed E-state index contributed by atoms with van der Waals surface area (Å²) in [5.41, 5.74) is 2.93. The zero-order valence-corrected chi connectivity index (χ0v) is 22.4. The molecule has 2 heterocycles. The molecule has 0 radical (unpaired) electrons. The molecule has 2 aliphatic heterocycles. The third-order valence-corrected chi connectivity index (χ3v) is 9.38. The number of likely N-dealkylation sites (N-methyl/N-ethyl adjacent to an activating group) is 1. The van der Waals surface area contributed by atoms with Crippen LogP contribution in [0.4, 0.5) is 11.4 Å². The largest absolute Gasteiger partial charge is 0.482 e. The zero-order chi connectivity index (χ0) is 26.5. The van der Waals surface area contributed by atoms with Crippen LogP contribution >= 0.6 is 0 Å². The lowest BCUT2D eigenvalue weighted by molar-refractivity contribution is 0.0695. The van der Waals surface area contributed by atoms with E-state index in [2.05, 4.69) is 11.8 Å².